The molecule has 7 nitrogen and oxygen atoms in total. The van der Waals surface area contributed by atoms with E-state index >= 15 is 0 Å². The Kier molecular flexibility index (Phi) is 6.93. The number of anilines is 1. The van der Waals surface area contributed by atoms with Gasteiger partial charge in [0.15, 0.2) is 0 Å². The molecule has 32 heavy (non-hydrogen) atoms. The molecule has 162 valence electrons. The van der Waals surface area contributed by atoms with Crippen molar-refractivity contribution in [2.24, 2.45) is 0 Å². The molecule has 0 saturated heterocycles. The summed E-state index contributed by atoms with van der Waals surface area (Å²) in [6, 6.07) is 20.9. The van der Waals surface area contributed by atoms with Gasteiger partial charge in [0.1, 0.15) is 28.0 Å². The molecule has 0 heterocycles. The van der Waals surface area contributed by atoms with E-state index in [9.17, 15) is 18.5 Å². The fourth-order valence-corrected chi connectivity index (χ4v) is 3.62. The van der Waals surface area contributed by atoms with Crippen LogP contribution < -0.4 is 14.2 Å². The Balaban J connectivity index is 1.71. The van der Waals surface area contributed by atoms with E-state index in [1.807, 2.05) is 25.1 Å². The van der Waals surface area contributed by atoms with E-state index in [1.54, 1.807) is 24.3 Å². The summed E-state index contributed by atoms with van der Waals surface area (Å²) in [6.07, 6.45) is 1.41. The monoisotopic (exact) mass is 448 g/mol. The highest BCUT2D eigenvalue weighted by Gasteiger charge is 2.17. The minimum absolute atomic E-state index is 0.0122. The number of carbonyl (C=O) groups excluding carboxylic acids is 1. The Hall–Kier alpha value is -4.09. The molecule has 0 radical (unpaired) electrons. The van der Waals surface area contributed by atoms with Crippen molar-refractivity contribution in [2.45, 2.75) is 11.8 Å². The number of aryl methyl sites for hydroxylation is 1. The van der Waals surface area contributed by atoms with Crippen LogP contribution in [0.5, 0.6) is 11.5 Å². The number of ether oxygens (including phenoxy) is 1. The lowest BCUT2D eigenvalue weighted by Gasteiger charge is -2.08. The number of amides is 1. The molecule has 8 heteroatoms. The van der Waals surface area contributed by atoms with E-state index in [0.29, 0.717) is 17.0 Å². The number of carbonyl (C=O) groups is 1. The van der Waals surface area contributed by atoms with Crippen molar-refractivity contribution in [3.8, 4) is 17.6 Å². The van der Waals surface area contributed by atoms with Crippen molar-refractivity contribution in [3.63, 3.8) is 0 Å². The molecule has 0 aromatic heterocycles. The zero-order valence-corrected chi connectivity index (χ0v) is 18.2. The summed E-state index contributed by atoms with van der Waals surface area (Å²) in [7, 11) is -2.53. The maximum Gasteiger partial charge on any atom is 0.339 e. The van der Waals surface area contributed by atoms with Crippen LogP contribution >= 0.6 is 0 Å². The summed E-state index contributed by atoms with van der Waals surface area (Å²) < 4.78 is 35.0. The largest absolute Gasteiger partial charge is 0.497 e. The van der Waals surface area contributed by atoms with Gasteiger partial charge in [-0.15, -0.1) is 0 Å². The third-order valence-corrected chi connectivity index (χ3v) is 5.68. The number of hydrogen-bond acceptors (Lipinski definition) is 6. The van der Waals surface area contributed by atoms with E-state index in [4.69, 9.17) is 8.92 Å². The van der Waals surface area contributed by atoms with Crippen LogP contribution in [-0.2, 0) is 14.9 Å². The highest BCUT2D eigenvalue weighted by Crippen LogP contribution is 2.22. The lowest BCUT2D eigenvalue weighted by molar-refractivity contribution is -0.112. The molecule has 0 saturated carbocycles. The number of nitrogens with one attached hydrogen (secondary N) is 1. The Morgan fingerprint density at radius 3 is 2.09 bits per heavy atom. The van der Waals surface area contributed by atoms with Gasteiger partial charge in [-0.3, -0.25) is 4.79 Å². The highest BCUT2D eigenvalue weighted by molar-refractivity contribution is 7.87. The van der Waals surface area contributed by atoms with Gasteiger partial charge in [-0.2, -0.15) is 13.7 Å². The normalized spacial score (nSPS) is 11.3. The Morgan fingerprint density at radius 1 is 0.938 bits per heavy atom. The van der Waals surface area contributed by atoms with E-state index in [-0.39, 0.29) is 16.2 Å². The van der Waals surface area contributed by atoms with Crippen LogP contribution in [-0.4, -0.2) is 21.4 Å². The minimum Gasteiger partial charge on any atom is -0.497 e. The molecular weight excluding hydrogens is 428 g/mol. The van der Waals surface area contributed by atoms with Crippen LogP contribution in [0, 0.1) is 18.3 Å². The van der Waals surface area contributed by atoms with Crippen molar-refractivity contribution >= 4 is 27.8 Å². The summed E-state index contributed by atoms with van der Waals surface area (Å²) in [4.78, 5) is 12.4. The number of rotatable bonds is 7. The van der Waals surface area contributed by atoms with Crippen LogP contribution in [0.3, 0.4) is 0 Å². The fourth-order valence-electron chi connectivity index (χ4n) is 2.69. The van der Waals surface area contributed by atoms with Crippen molar-refractivity contribution in [1.82, 2.24) is 0 Å². The second-order valence-electron chi connectivity index (χ2n) is 6.77. The van der Waals surface area contributed by atoms with Crippen LogP contribution in [0.2, 0.25) is 0 Å². The first-order chi connectivity index (χ1) is 15.3. The number of nitrogens with zero attached hydrogens (tertiary/aromatic N) is 1. The topological polar surface area (TPSA) is 105 Å². The predicted molar refractivity (Wildman–Crippen MR) is 121 cm³/mol. The van der Waals surface area contributed by atoms with Gasteiger partial charge in [-0.1, -0.05) is 29.8 Å². The maximum absolute atomic E-state index is 12.4. The standard InChI is InChI=1S/C24H20N2O5S/c1-17-3-7-20(8-4-17)26-24(27)19(16-25)15-18-5-9-22(10-6-18)31-32(28,29)23-13-11-21(30-2)12-14-23/h3-15H,1-2H3,(H,26,27)/b19-15+. The van der Waals surface area contributed by atoms with Crippen LogP contribution in [0.1, 0.15) is 11.1 Å². The van der Waals surface area contributed by atoms with Crippen molar-refractivity contribution in [1.29, 1.82) is 5.26 Å². The first kappa shape index (κ1) is 22.6. The van der Waals surface area contributed by atoms with Crippen LogP contribution in [0.25, 0.3) is 6.08 Å². The number of methoxy groups -OCH3 is 1. The minimum atomic E-state index is -4.02. The summed E-state index contributed by atoms with van der Waals surface area (Å²) in [6.45, 7) is 1.93. The molecule has 0 atom stereocenters. The molecule has 3 aromatic rings. The molecule has 0 fully saturated rings. The first-order valence-corrected chi connectivity index (χ1v) is 10.9. The van der Waals surface area contributed by atoms with Gasteiger partial charge in [0.25, 0.3) is 5.91 Å². The zero-order valence-electron chi connectivity index (χ0n) is 17.4. The molecule has 0 bridgehead atoms. The van der Waals surface area contributed by atoms with Gasteiger partial charge in [-0.05, 0) is 67.1 Å². The highest BCUT2D eigenvalue weighted by atomic mass is 32.2. The van der Waals surface area contributed by atoms with Crippen molar-refractivity contribution < 1.29 is 22.1 Å². The number of nitriles is 1. The molecule has 3 rings (SSSR count). The SMILES string of the molecule is COc1ccc(S(=O)(=O)Oc2ccc(/C=C(\C#N)C(=O)Nc3ccc(C)cc3)cc2)cc1. The molecule has 0 aliphatic carbocycles. The average molecular weight is 449 g/mol. The Morgan fingerprint density at radius 2 is 1.53 bits per heavy atom. The van der Waals surface area contributed by atoms with E-state index in [2.05, 4.69) is 5.32 Å². The summed E-state index contributed by atoms with van der Waals surface area (Å²) in [5.41, 5.74) is 2.07. The summed E-state index contributed by atoms with van der Waals surface area (Å²) >= 11 is 0. The quantitative estimate of drug-likeness (QED) is 0.328. The van der Waals surface area contributed by atoms with Crippen LogP contribution in [0.15, 0.2) is 83.3 Å². The van der Waals surface area contributed by atoms with Crippen molar-refractivity contribution in [3.05, 3.63) is 89.5 Å². The van der Waals surface area contributed by atoms with Crippen molar-refractivity contribution in [2.75, 3.05) is 12.4 Å². The number of hydrogen-bond donors (Lipinski definition) is 1. The van der Waals surface area contributed by atoms with Gasteiger partial charge < -0.3 is 14.2 Å². The van der Waals surface area contributed by atoms with E-state index < -0.39 is 16.0 Å². The van der Waals surface area contributed by atoms with Gasteiger partial charge in [-0.25, -0.2) is 0 Å². The molecule has 0 aliphatic rings. The summed E-state index contributed by atoms with van der Waals surface area (Å²) in [5, 5.41) is 12.0. The Bertz CT molecular complexity index is 1270. The lowest BCUT2D eigenvalue weighted by atomic mass is 10.1. The molecule has 0 spiro atoms. The van der Waals surface area contributed by atoms with Gasteiger partial charge >= 0.3 is 10.1 Å². The third-order valence-electron chi connectivity index (χ3n) is 4.42. The lowest BCUT2D eigenvalue weighted by Crippen LogP contribution is -2.13. The molecule has 3 aromatic carbocycles. The van der Waals surface area contributed by atoms with Gasteiger partial charge in [0.05, 0.1) is 7.11 Å². The fraction of sp³-hybridized carbons (Fsp3) is 0.0833. The number of benzene rings is 3. The van der Waals surface area contributed by atoms with E-state index in [1.165, 1.54) is 49.6 Å². The van der Waals surface area contributed by atoms with Gasteiger partial charge in [0, 0.05) is 5.69 Å². The molecule has 1 amide bonds. The smallest absolute Gasteiger partial charge is 0.339 e. The summed E-state index contributed by atoms with van der Waals surface area (Å²) in [5.74, 6) is 0.0825. The second kappa shape index (κ2) is 9.81. The van der Waals surface area contributed by atoms with E-state index in [0.717, 1.165) is 5.56 Å². The van der Waals surface area contributed by atoms with Crippen LogP contribution in [0.4, 0.5) is 5.69 Å². The maximum atomic E-state index is 12.4. The third kappa shape index (κ3) is 5.74. The first-order valence-electron chi connectivity index (χ1n) is 9.49. The molecular formula is C24H20N2O5S. The predicted octanol–water partition coefficient (Wildman–Crippen LogP) is 4.32. The second-order valence-corrected chi connectivity index (χ2v) is 8.32. The van der Waals surface area contributed by atoms with Gasteiger partial charge in [0.2, 0.25) is 0 Å². The average Bonchev–Trinajstić information content (AvgIpc) is 2.79. The zero-order chi connectivity index (χ0) is 23.1. The molecule has 0 aliphatic heterocycles. The Labute approximate surface area is 186 Å². The molecule has 0 unspecified atom stereocenters. The molecule has 1 N–H and O–H groups in total.